The van der Waals surface area contributed by atoms with Gasteiger partial charge in [-0.1, -0.05) is 0 Å². The first-order valence-electron chi connectivity index (χ1n) is 6.47. The van der Waals surface area contributed by atoms with E-state index in [0.717, 1.165) is 12.8 Å². The number of fused-ring (bicyclic) bond motifs is 2. The summed E-state index contributed by atoms with van der Waals surface area (Å²) in [6.07, 6.45) is 4.69. The average Bonchev–Trinajstić information content (AvgIpc) is 2.65. The second kappa shape index (κ2) is 5.67. The van der Waals surface area contributed by atoms with E-state index in [0.29, 0.717) is 24.4 Å². The van der Waals surface area contributed by atoms with Crippen molar-refractivity contribution in [1.82, 2.24) is 10.6 Å². The van der Waals surface area contributed by atoms with Crippen LogP contribution in [0.25, 0.3) is 0 Å². The third-order valence-electron chi connectivity index (χ3n) is 3.86. The normalized spacial score (nSPS) is 31.9. The Labute approximate surface area is 106 Å². The lowest BCUT2D eigenvalue weighted by Gasteiger charge is -2.28. The van der Waals surface area contributed by atoms with Crippen LogP contribution in [0.4, 0.5) is 0 Å². The third kappa shape index (κ3) is 3.20. The molecule has 6 nitrogen and oxygen atoms in total. The molecule has 0 aromatic rings. The summed E-state index contributed by atoms with van der Waals surface area (Å²) >= 11 is 0. The summed E-state index contributed by atoms with van der Waals surface area (Å²) in [7, 11) is 0. The van der Waals surface area contributed by atoms with Gasteiger partial charge in [-0.05, 0) is 31.6 Å². The van der Waals surface area contributed by atoms with E-state index in [2.05, 4.69) is 10.6 Å². The molecule has 4 N–H and O–H groups in total. The minimum absolute atomic E-state index is 0.275. The van der Waals surface area contributed by atoms with Crippen LogP contribution in [0.3, 0.4) is 0 Å². The number of amides is 1. The molecule has 1 amide bonds. The molecular weight excluding hydrogens is 236 g/mol. The van der Waals surface area contributed by atoms with E-state index in [1.807, 2.05) is 0 Å². The Morgan fingerprint density at radius 3 is 2.39 bits per heavy atom. The Kier molecular flexibility index (Phi) is 4.19. The average molecular weight is 256 g/mol. The Bertz CT molecular complexity index is 322. The molecule has 0 aromatic heterocycles. The molecule has 0 saturated carbocycles. The molecular formula is C12H20N2O4. The zero-order valence-corrected chi connectivity index (χ0v) is 10.3. The summed E-state index contributed by atoms with van der Waals surface area (Å²) in [5.74, 6) is -1.14. The molecule has 2 fully saturated rings. The van der Waals surface area contributed by atoms with Gasteiger partial charge in [-0.2, -0.15) is 0 Å². The maximum atomic E-state index is 11.7. The molecule has 0 spiro atoms. The number of aliphatic hydroxyl groups excluding tert-OH is 1. The van der Waals surface area contributed by atoms with Crippen molar-refractivity contribution in [3.05, 3.63) is 0 Å². The Hall–Kier alpha value is -1.14. The monoisotopic (exact) mass is 256 g/mol. The fourth-order valence-electron chi connectivity index (χ4n) is 3.04. The van der Waals surface area contributed by atoms with E-state index in [1.54, 1.807) is 0 Å². The van der Waals surface area contributed by atoms with Crippen LogP contribution in [0.1, 0.15) is 32.1 Å². The topological polar surface area (TPSA) is 98.7 Å². The Morgan fingerprint density at radius 1 is 1.28 bits per heavy atom. The number of hydrogen-bond donors (Lipinski definition) is 4. The smallest absolute Gasteiger partial charge is 0.328 e. The van der Waals surface area contributed by atoms with Crippen LogP contribution in [-0.4, -0.2) is 46.8 Å². The third-order valence-corrected chi connectivity index (χ3v) is 3.86. The van der Waals surface area contributed by atoms with E-state index in [4.69, 9.17) is 10.2 Å². The maximum absolute atomic E-state index is 11.7. The number of hydrogen-bond acceptors (Lipinski definition) is 4. The fourth-order valence-corrected chi connectivity index (χ4v) is 3.04. The zero-order valence-electron chi connectivity index (χ0n) is 10.3. The van der Waals surface area contributed by atoms with E-state index in [1.165, 1.54) is 12.8 Å². The molecule has 0 aromatic carbocycles. The summed E-state index contributed by atoms with van der Waals surface area (Å²) in [5.41, 5.74) is 0. The number of nitrogens with one attached hydrogen (secondary N) is 2. The highest BCUT2D eigenvalue weighted by Crippen LogP contribution is 2.32. The lowest BCUT2D eigenvalue weighted by atomic mass is 9.89. The van der Waals surface area contributed by atoms with Crippen molar-refractivity contribution in [3.8, 4) is 0 Å². The highest BCUT2D eigenvalue weighted by molar-refractivity contribution is 5.83. The van der Waals surface area contributed by atoms with Crippen molar-refractivity contribution in [1.29, 1.82) is 0 Å². The number of aliphatic carboxylic acids is 1. The van der Waals surface area contributed by atoms with Crippen LogP contribution in [0.2, 0.25) is 0 Å². The van der Waals surface area contributed by atoms with Gasteiger partial charge in [0.2, 0.25) is 5.91 Å². The number of carboxylic acid groups (broad SMARTS) is 1. The van der Waals surface area contributed by atoms with Crippen molar-refractivity contribution in [2.24, 2.45) is 5.92 Å². The number of rotatable bonds is 5. The highest BCUT2D eigenvalue weighted by atomic mass is 16.4. The standard InChI is InChI=1S/C12H20N2O4/c15-6-10(12(17)18)14-11(16)5-7-3-8-1-2-9(4-7)13-8/h7-10,13,15H,1-6H2,(H,14,16)(H,17,18)/t7?,8?,9?,10-/m1/s1. The van der Waals surface area contributed by atoms with Gasteiger partial charge in [0.15, 0.2) is 0 Å². The number of piperidine rings is 1. The SMILES string of the molecule is O=C(CC1CC2CCC(C1)N2)N[C@H](CO)C(=O)O. The van der Waals surface area contributed by atoms with Crippen LogP contribution < -0.4 is 10.6 Å². The van der Waals surface area contributed by atoms with Crippen molar-refractivity contribution < 1.29 is 19.8 Å². The first kappa shape index (κ1) is 13.3. The lowest BCUT2D eigenvalue weighted by Crippen LogP contribution is -2.45. The lowest BCUT2D eigenvalue weighted by molar-refractivity contribution is -0.143. The maximum Gasteiger partial charge on any atom is 0.328 e. The molecule has 0 radical (unpaired) electrons. The van der Waals surface area contributed by atoms with Gasteiger partial charge in [-0.3, -0.25) is 4.79 Å². The molecule has 3 atom stereocenters. The summed E-state index contributed by atoms with van der Waals surface area (Å²) in [6, 6.07) is -0.139. The molecule has 102 valence electrons. The molecule has 2 heterocycles. The van der Waals surface area contributed by atoms with Crippen LogP contribution in [0.5, 0.6) is 0 Å². The minimum Gasteiger partial charge on any atom is -0.480 e. The number of carbonyl (C=O) groups is 2. The number of carbonyl (C=O) groups excluding carboxylic acids is 1. The Morgan fingerprint density at radius 2 is 1.89 bits per heavy atom. The van der Waals surface area contributed by atoms with Gasteiger partial charge in [0.05, 0.1) is 6.61 Å². The van der Waals surface area contributed by atoms with E-state index in [9.17, 15) is 9.59 Å². The summed E-state index contributed by atoms with van der Waals surface area (Å²) < 4.78 is 0. The van der Waals surface area contributed by atoms with Crippen molar-refractivity contribution in [3.63, 3.8) is 0 Å². The molecule has 6 heteroatoms. The van der Waals surface area contributed by atoms with Crippen molar-refractivity contribution in [2.75, 3.05) is 6.61 Å². The molecule has 2 aliphatic heterocycles. The van der Waals surface area contributed by atoms with Crippen LogP contribution >= 0.6 is 0 Å². The molecule has 2 aliphatic rings. The quantitative estimate of drug-likeness (QED) is 0.530. The fraction of sp³-hybridized carbons (Fsp3) is 0.833. The highest BCUT2D eigenvalue weighted by Gasteiger charge is 2.34. The van der Waals surface area contributed by atoms with Gasteiger partial charge in [0, 0.05) is 18.5 Å². The number of aliphatic hydroxyl groups is 1. The molecule has 0 aliphatic carbocycles. The van der Waals surface area contributed by atoms with Crippen LogP contribution in [0.15, 0.2) is 0 Å². The predicted octanol–water partition coefficient (Wildman–Crippen LogP) is -0.531. The van der Waals surface area contributed by atoms with Crippen LogP contribution in [0, 0.1) is 5.92 Å². The van der Waals surface area contributed by atoms with E-state index < -0.39 is 18.6 Å². The van der Waals surface area contributed by atoms with Gasteiger partial charge >= 0.3 is 5.97 Å². The molecule has 2 rings (SSSR count). The summed E-state index contributed by atoms with van der Waals surface area (Å²) in [4.78, 5) is 22.4. The van der Waals surface area contributed by atoms with Gasteiger partial charge in [-0.15, -0.1) is 0 Å². The van der Waals surface area contributed by atoms with E-state index in [-0.39, 0.29) is 5.91 Å². The first-order valence-corrected chi connectivity index (χ1v) is 6.47. The van der Waals surface area contributed by atoms with Gasteiger partial charge < -0.3 is 20.8 Å². The van der Waals surface area contributed by atoms with Crippen LogP contribution in [-0.2, 0) is 9.59 Å². The minimum atomic E-state index is -1.20. The summed E-state index contributed by atoms with van der Waals surface area (Å²) in [6.45, 7) is -0.571. The van der Waals surface area contributed by atoms with Gasteiger partial charge in [-0.25, -0.2) is 4.79 Å². The van der Waals surface area contributed by atoms with Gasteiger partial charge in [0.1, 0.15) is 6.04 Å². The predicted molar refractivity (Wildman–Crippen MR) is 63.9 cm³/mol. The van der Waals surface area contributed by atoms with Gasteiger partial charge in [0.25, 0.3) is 0 Å². The first-order chi connectivity index (χ1) is 8.58. The van der Waals surface area contributed by atoms with E-state index >= 15 is 0 Å². The molecule has 18 heavy (non-hydrogen) atoms. The number of carboxylic acids is 1. The summed E-state index contributed by atoms with van der Waals surface area (Å²) in [5, 5.41) is 23.4. The largest absolute Gasteiger partial charge is 0.480 e. The molecule has 2 saturated heterocycles. The van der Waals surface area contributed by atoms with Crippen molar-refractivity contribution >= 4 is 11.9 Å². The molecule has 2 unspecified atom stereocenters. The molecule has 2 bridgehead atoms. The zero-order chi connectivity index (χ0) is 13.1. The van der Waals surface area contributed by atoms with Crippen molar-refractivity contribution in [2.45, 2.75) is 50.2 Å². The second-order valence-electron chi connectivity index (χ2n) is 5.32. The second-order valence-corrected chi connectivity index (χ2v) is 5.32. The Balaban J connectivity index is 1.79.